The Morgan fingerprint density at radius 2 is 1.85 bits per heavy atom. The van der Waals surface area contributed by atoms with Crippen LogP contribution in [0.5, 0.6) is 5.75 Å². The third kappa shape index (κ3) is 6.56. The first-order chi connectivity index (χ1) is 12.2. The van der Waals surface area contributed by atoms with E-state index < -0.39 is 17.7 Å². The summed E-state index contributed by atoms with van der Waals surface area (Å²) in [4.78, 5) is 20.2. The van der Waals surface area contributed by atoms with Gasteiger partial charge in [-0.3, -0.25) is 0 Å². The van der Waals surface area contributed by atoms with Crippen molar-refractivity contribution in [3.8, 4) is 5.75 Å². The van der Waals surface area contributed by atoms with Crippen LogP contribution in [-0.4, -0.2) is 34.2 Å². The summed E-state index contributed by atoms with van der Waals surface area (Å²) in [6.45, 7) is 1.66. The van der Waals surface area contributed by atoms with Crippen molar-refractivity contribution in [2.75, 3.05) is 0 Å². The van der Waals surface area contributed by atoms with Crippen molar-refractivity contribution < 1.29 is 32.6 Å². The van der Waals surface area contributed by atoms with Gasteiger partial charge in [0, 0.05) is 6.42 Å². The molecular weight excluding hydrogens is 412 g/mol. The Balaban J connectivity index is 0.000000765. The van der Waals surface area contributed by atoms with E-state index in [2.05, 4.69) is 16.9 Å². The van der Waals surface area contributed by atoms with E-state index in [4.69, 9.17) is 9.84 Å². The standard InChI is InChI=1S/C15H10AsF3O3.C3H6O/c16-12-6-5-9(7-10(12)14(20)21)8-22-13-4-2-1-3-11(13)15(17,18)19;1-2-3-4/h1-7H,8H2,(H,20,21);3H,2H2,1H3. The number of hydrogen-bond donors (Lipinski definition) is 1. The van der Waals surface area contributed by atoms with Crippen molar-refractivity contribution in [2.24, 2.45) is 0 Å². The van der Waals surface area contributed by atoms with Crippen LogP contribution in [0.3, 0.4) is 0 Å². The van der Waals surface area contributed by atoms with Crippen LogP contribution in [0, 0.1) is 0 Å². The zero-order valence-electron chi connectivity index (χ0n) is 13.8. The molecule has 0 saturated heterocycles. The SMILES string of the molecule is CCC=O.O=C(O)c1cc(COc2ccccc2C(F)(F)F)ccc1[As]. The van der Waals surface area contributed by atoms with E-state index in [1.807, 2.05) is 6.92 Å². The van der Waals surface area contributed by atoms with Gasteiger partial charge in [0.15, 0.2) is 0 Å². The van der Waals surface area contributed by atoms with E-state index in [-0.39, 0.29) is 17.9 Å². The number of hydrogen-bond acceptors (Lipinski definition) is 3. The molecule has 0 amide bonds. The van der Waals surface area contributed by atoms with Gasteiger partial charge in [-0.05, 0) is 0 Å². The van der Waals surface area contributed by atoms with E-state index in [1.54, 1.807) is 12.1 Å². The molecule has 2 rings (SSSR count). The molecule has 0 saturated carbocycles. The topological polar surface area (TPSA) is 63.6 Å². The predicted octanol–water partition coefficient (Wildman–Crippen LogP) is 3.37. The second-order valence-corrected chi connectivity index (χ2v) is 6.03. The fourth-order valence-electron chi connectivity index (χ4n) is 1.83. The van der Waals surface area contributed by atoms with E-state index in [9.17, 15) is 22.8 Å². The number of benzene rings is 2. The summed E-state index contributed by atoms with van der Waals surface area (Å²) in [5.41, 5.74) is -0.313. The number of aldehydes is 1. The molecule has 2 aromatic rings. The molecule has 26 heavy (non-hydrogen) atoms. The van der Waals surface area contributed by atoms with Gasteiger partial charge in [-0.25, -0.2) is 0 Å². The van der Waals surface area contributed by atoms with Gasteiger partial charge in [-0.15, -0.1) is 0 Å². The number of carboxylic acids is 1. The zero-order chi connectivity index (χ0) is 19.7. The molecule has 0 fully saturated rings. The molecule has 8 heteroatoms. The van der Waals surface area contributed by atoms with E-state index in [0.29, 0.717) is 16.3 Å². The van der Waals surface area contributed by atoms with Gasteiger partial charge in [-0.1, -0.05) is 6.92 Å². The minimum absolute atomic E-state index is 0.0743. The first-order valence-corrected chi connectivity index (χ1v) is 8.42. The quantitative estimate of drug-likeness (QED) is 0.586. The van der Waals surface area contributed by atoms with E-state index in [0.717, 1.165) is 12.4 Å². The summed E-state index contributed by atoms with van der Waals surface area (Å²) in [5, 5.41) is 9.03. The number of carboxylic acid groups (broad SMARTS) is 1. The van der Waals surface area contributed by atoms with Crippen molar-refractivity contribution in [2.45, 2.75) is 26.1 Å². The molecule has 4 nitrogen and oxygen atoms in total. The van der Waals surface area contributed by atoms with Crippen LogP contribution in [0.15, 0.2) is 42.5 Å². The minimum atomic E-state index is -4.51. The van der Waals surface area contributed by atoms with Gasteiger partial charge in [0.1, 0.15) is 6.29 Å². The fraction of sp³-hybridized carbons (Fsp3) is 0.222. The number of rotatable bonds is 5. The summed E-state index contributed by atoms with van der Waals surface area (Å²) in [6, 6.07) is 9.44. The Kier molecular flexibility index (Phi) is 8.39. The van der Waals surface area contributed by atoms with Crippen molar-refractivity contribution in [1.82, 2.24) is 0 Å². The molecule has 0 bridgehead atoms. The monoisotopic (exact) mass is 428 g/mol. The van der Waals surface area contributed by atoms with Crippen LogP contribution in [0.1, 0.15) is 34.8 Å². The molecule has 138 valence electrons. The molecular formula is C18H16AsF3O4. The van der Waals surface area contributed by atoms with Crippen molar-refractivity contribution in [3.05, 3.63) is 59.2 Å². The summed E-state index contributed by atoms with van der Waals surface area (Å²) in [5.74, 6) is -1.39. The van der Waals surface area contributed by atoms with Crippen molar-refractivity contribution in [1.29, 1.82) is 0 Å². The fourth-order valence-corrected chi connectivity index (χ4v) is 2.32. The van der Waals surface area contributed by atoms with Crippen LogP contribution in [-0.2, 0) is 17.6 Å². The number of para-hydroxylation sites is 1. The summed E-state index contributed by atoms with van der Waals surface area (Å²) in [6.07, 6.45) is -2.99. The molecule has 1 N–H and O–H groups in total. The first-order valence-electron chi connectivity index (χ1n) is 7.48. The number of halogens is 3. The third-order valence-electron chi connectivity index (χ3n) is 3.04. The average molecular weight is 428 g/mol. The van der Waals surface area contributed by atoms with E-state index >= 15 is 0 Å². The van der Waals surface area contributed by atoms with Crippen LogP contribution >= 0.6 is 0 Å². The average Bonchev–Trinajstić information content (AvgIpc) is 2.60. The van der Waals surface area contributed by atoms with Crippen LogP contribution in [0.4, 0.5) is 13.2 Å². The van der Waals surface area contributed by atoms with Gasteiger partial charge in [0.2, 0.25) is 0 Å². The number of carbonyl (C=O) groups is 2. The van der Waals surface area contributed by atoms with Gasteiger partial charge < -0.3 is 4.79 Å². The van der Waals surface area contributed by atoms with Crippen LogP contribution < -0.4 is 9.09 Å². The Labute approximate surface area is 157 Å². The van der Waals surface area contributed by atoms with Gasteiger partial charge in [0.05, 0.1) is 0 Å². The van der Waals surface area contributed by atoms with Gasteiger partial charge in [-0.2, -0.15) is 0 Å². The molecule has 0 aliphatic carbocycles. The Bertz CT molecular complexity index is 760. The molecule has 2 radical (unpaired) electrons. The van der Waals surface area contributed by atoms with Gasteiger partial charge in [0.25, 0.3) is 0 Å². The normalized spacial score (nSPS) is 10.5. The first kappa shape index (κ1) is 21.8. The molecule has 0 aromatic heterocycles. The summed E-state index contributed by atoms with van der Waals surface area (Å²) in [7, 11) is 0. The second-order valence-electron chi connectivity index (χ2n) is 5.01. The number of carbonyl (C=O) groups excluding carboxylic acids is 1. The maximum absolute atomic E-state index is 12.8. The molecule has 0 atom stereocenters. The Hall–Kier alpha value is -2.27. The number of alkyl halides is 3. The summed E-state index contributed by atoms with van der Waals surface area (Å²) >= 11 is 2.13. The Morgan fingerprint density at radius 3 is 2.38 bits per heavy atom. The second kappa shape index (κ2) is 10.0. The van der Waals surface area contributed by atoms with Crippen LogP contribution in [0.2, 0.25) is 0 Å². The summed E-state index contributed by atoms with van der Waals surface area (Å²) < 4.78 is 44.2. The zero-order valence-corrected chi connectivity index (χ0v) is 15.7. The van der Waals surface area contributed by atoms with Crippen LogP contribution in [0.25, 0.3) is 0 Å². The number of ether oxygens (including phenoxy) is 1. The molecule has 0 heterocycles. The van der Waals surface area contributed by atoms with Crippen molar-refractivity contribution >= 4 is 33.5 Å². The molecule has 2 aromatic carbocycles. The molecule has 0 aliphatic heterocycles. The molecule has 0 unspecified atom stereocenters. The maximum atomic E-state index is 12.8. The van der Waals surface area contributed by atoms with E-state index in [1.165, 1.54) is 24.3 Å². The molecule has 0 spiro atoms. The number of aromatic carboxylic acids is 1. The third-order valence-corrected chi connectivity index (χ3v) is 3.86. The van der Waals surface area contributed by atoms with Gasteiger partial charge >= 0.3 is 133 Å². The molecule has 0 aliphatic rings. The Morgan fingerprint density at radius 1 is 1.23 bits per heavy atom. The predicted molar refractivity (Wildman–Crippen MR) is 90.9 cm³/mol. The van der Waals surface area contributed by atoms with Crippen molar-refractivity contribution in [3.63, 3.8) is 0 Å².